The molecule has 1 heterocycles. The number of halogens is 1. The van der Waals surface area contributed by atoms with Crippen LogP contribution in [-0.4, -0.2) is 36.4 Å². The molecule has 0 radical (unpaired) electrons. The SMILES string of the molecule is CCOc1cc(C=NNC(=O)COc2ccc(Cl)cc2)ccc1OCc1ccc(C(=O)O)o1. The highest BCUT2D eigenvalue weighted by Crippen LogP contribution is 2.29. The lowest BCUT2D eigenvalue weighted by Gasteiger charge is -2.11. The van der Waals surface area contributed by atoms with Crippen molar-refractivity contribution in [3.8, 4) is 17.2 Å². The van der Waals surface area contributed by atoms with Gasteiger partial charge < -0.3 is 23.7 Å². The summed E-state index contributed by atoms with van der Waals surface area (Å²) in [6.07, 6.45) is 1.46. The number of hydrogen-bond donors (Lipinski definition) is 2. The second-order valence-corrected chi connectivity index (χ2v) is 6.97. The Morgan fingerprint density at radius 2 is 1.85 bits per heavy atom. The molecule has 3 rings (SSSR count). The van der Waals surface area contributed by atoms with Crippen LogP contribution in [0.2, 0.25) is 5.02 Å². The van der Waals surface area contributed by atoms with Gasteiger partial charge in [-0.05, 0) is 67.1 Å². The lowest BCUT2D eigenvalue weighted by atomic mass is 10.2. The number of ether oxygens (including phenoxy) is 3. The Bertz CT molecular complexity index is 1130. The number of amides is 1. The zero-order valence-electron chi connectivity index (χ0n) is 17.6. The number of carboxylic acids is 1. The van der Waals surface area contributed by atoms with Crippen LogP contribution in [0.3, 0.4) is 0 Å². The molecule has 33 heavy (non-hydrogen) atoms. The van der Waals surface area contributed by atoms with E-state index in [0.717, 1.165) is 0 Å². The van der Waals surface area contributed by atoms with Gasteiger partial charge in [0.25, 0.3) is 5.91 Å². The molecular weight excluding hydrogens is 452 g/mol. The summed E-state index contributed by atoms with van der Waals surface area (Å²) in [5, 5.41) is 13.4. The molecule has 0 saturated heterocycles. The first-order valence-electron chi connectivity index (χ1n) is 9.86. The van der Waals surface area contributed by atoms with Gasteiger partial charge in [0.15, 0.2) is 18.1 Å². The number of nitrogens with one attached hydrogen (secondary N) is 1. The van der Waals surface area contributed by atoms with Crippen LogP contribution in [0.1, 0.15) is 28.8 Å². The Balaban J connectivity index is 1.54. The number of carbonyl (C=O) groups excluding carboxylic acids is 1. The maximum atomic E-state index is 11.9. The van der Waals surface area contributed by atoms with Crippen LogP contribution < -0.4 is 19.6 Å². The maximum Gasteiger partial charge on any atom is 0.371 e. The van der Waals surface area contributed by atoms with Crippen LogP contribution in [-0.2, 0) is 11.4 Å². The fourth-order valence-electron chi connectivity index (χ4n) is 2.60. The number of hydrazone groups is 1. The van der Waals surface area contributed by atoms with Gasteiger partial charge in [0.2, 0.25) is 5.76 Å². The molecule has 10 heteroatoms. The molecule has 1 aromatic heterocycles. The first-order chi connectivity index (χ1) is 15.9. The van der Waals surface area contributed by atoms with Crippen molar-refractivity contribution in [3.63, 3.8) is 0 Å². The number of aromatic carboxylic acids is 1. The van der Waals surface area contributed by atoms with E-state index in [1.807, 2.05) is 6.92 Å². The second-order valence-electron chi connectivity index (χ2n) is 6.53. The lowest BCUT2D eigenvalue weighted by Crippen LogP contribution is -2.24. The van der Waals surface area contributed by atoms with E-state index >= 15 is 0 Å². The van der Waals surface area contributed by atoms with Crippen molar-refractivity contribution in [2.45, 2.75) is 13.5 Å². The van der Waals surface area contributed by atoms with Gasteiger partial charge in [-0.25, -0.2) is 10.2 Å². The van der Waals surface area contributed by atoms with Gasteiger partial charge >= 0.3 is 5.97 Å². The number of nitrogens with zero attached hydrogens (tertiary/aromatic N) is 1. The summed E-state index contributed by atoms with van der Waals surface area (Å²) in [5.74, 6) is 0.0551. The summed E-state index contributed by atoms with van der Waals surface area (Å²) < 4.78 is 21.8. The van der Waals surface area contributed by atoms with Crippen LogP contribution in [0.4, 0.5) is 0 Å². The van der Waals surface area contributed by atoms with Crippen molar-refractivity contribution in [1.82, 2.24) is 5.43 Å². The van der Waals surface area contributed by atoms with Crippen LogP contribution in [0, 0.1) is 0 Å². The average molecular weight is 473 g/mol. The molecule has 9 nitrogen and oxygen atoms in total. The second kappa shape index (κ2) is 11.6. The molecule has 0 fully saturated rings. The summed E-state index contributed by atoms with van der Waals surface area (Å²) in [4.78, 5) is 22.8. The summed E-state index contributed by atoms with van der Waals surface area (Å²) >= 11 is 5.80. The minimum Gasteiger partial charge on any atom is -0.490 e. The standard InChI is InChI=1S/C23H21ClN2O7/c1-2-30-21-11-15(3-9-19(21)32-13-18-8-10-20(33-18)23(28)29)12-25-26-22(27)14-31-17-6-4-16(24)5-7-17/h3-12H,2,13-14H2,1H3,(H,26,27)(H,28,29). The van der Waals surface area contributed by atoms with E-state index in [4.69, 9.17) is 35.3 Å². The molecule has 2 aromatic carbocycles. The lowest BCUT2D eigenvalue weighted by molar-refractivity contribution is -0.123. The number of hydrogen-bond acceptors (Lipinski definition) is 7. The van der Waals surface area contributed by atoms with E-state index in [2.05, 4.69) is 10.5 Å². The highest BCUT2D eigenvalue weighted by molar-refractivity contribution is 6.30. The molecule has 172 valence electrons. The minimum atomic E-state index is -1.15. The zero-order valence-corrected chi connectivity index (χ0v) is 18.4. The third-order valence-corrected chi connectivity index (χ3v) is 4.35. The molecule has 1 amide bonds. The molecule has 0 spiro atoms. The number of carboxylic acid groups (broad SMARTS) is 1. The van der Waals surface area contributed by atoms with Crippen LogP contribution >= 0.6 is 11.6 Å². The summed E-state index contributed by atoms with van der Waals surface area (Å²) in [5.41, 5.74) is 3.05. The van der Waals surface area contributed by atoms with Gasteiger partial charge in [-0.15, -0.1) is 0 Å². The largest absolute Gasteiger partial charge is 0.490 e. The van der Waals surface area contributed by atoms with E-state index in [1.54, 1.807) is 42.5 Å². The highest BCUT2D eigenvalue weighted by Gasteiger charge is 2.11. The van der Waals surface area contributed by atoms with Gasteiger partial charge in [-0.1, -0.05) is 11.6 Å². The van der Waals surface area contributed by atoms with E-state index in [1.165, 1.54) is 18.3 Å². The zero-order chi connectivity index (χ0) is 23.6. The number of rotatable bonds is 11. The highest BCUT2D eigenvalue weighted by atomic mass is 35.5. The molecule has 0 aliphatic carbocycles. The molecule has 0 atom stereocenters. The third kappa shape index (κ3) is 7.29. The normalized spacial score (nSPS) is 10.7. The first-order valence-corrected chi connectivity index (χ1v) is 10.2. The Labute approximate surface area is 194 Å². The van der Waals surface area contributed by atoms with Crippen molar-refractivity contribution in [2.75, 3.05) is 13.2 Å². The van der Waals surface area contributed by atoms with Crippen LogP contribution in [0.25, 0.3) is 0 Å². The average Bonchev–Trinajstić information content (AvgIpc) is 3.28. The van der Waals surface area contributed by atoms with Crippen molar-refractivity contribution in [1.29, 1.82) is 0 Å². The van der Waals surface area contributed by atoms with E-state index < -0.39 is 11.9 Å². The quantitative estimate of drug-likeness (QED) is 0.318. The molecule has 3 aromatic rings. The van der Waals surface area contributed by atoms with Crippen LogP contribution in [0.5, 0.6) is 17.2 Å². The van der Waals surface area contributed by atoms with Crippen molar-refractivity contribution >= 4 is 29.7 Å². The number of carbonyl (C=O) groups is 2. The Morgan fingerprint density at radius 3 is 2.55 bits per heavy atom. The molecule has 0 saturated carbocycles. The van der Waals surface area contributed by atoms with Crippen molar-refractivity contribution < 1.29 is 33.3 Å². The number of furan rings is 1. The van der Waals surface area contributed by atoms with Gasteiger partial charge in [0.1, 0.15) is 18.1 Å². The van der Waals surface area contributed by atoms with Gasteiger partial charge in [0.05, 0.1) is 12.8 Å². The monoisotopic (exact) mass is 472 g/mol. The Morgan fingerprint density at radius 1 is 1.06 bits per heavy atom. The first kappa shape index (κ1) is 23.7. The van der Waals surface area contributed by atoms with Gasteiger partial charge in [-0.3, -0.25) is 4.79 Å². The van der Waals surface area contributed by atoms with Crippen molar-refractivity contribution in [3.05, 3.63) is 76.7 Å². The molecule has 0 unspecified atom stereocenters. The van der Waals surface area contributed by atoms with Gasteiger partial charge in [0, 0.05) is 5.02 Å². The smallest absolute Gasteiger partial charge is 0.371 e. The molecule has 2 N–H and O–H groups in total. The molecule has 0 bridgehead atoms. The minimum absolute atomic E-state index is 0.0322. The summed E-state index contributed by atoms with van der Waals surface area (Å²) in [7, 11) is 0. The predicted octanol–water partition coefficient (Wildman–Crippen LogP) is 4.14. The fraction of sp³-hybridized carbons (Fsp3) is 0.174. The molecule has 0 aliphatic rings. The van der Waals surface area contributed by atoms with Gasteiger partial charge in [-0.2, -0.15) is 5.10 Å². The van der Waals surface area contributed by atoms with E-state index in [0.29, 0.717) is 40.2 Å². The topological polar surface area (TPSA) is 120 Å². The Kier molecular flexibility index (Phi) is 8.31. The maximum absolute atomic E-state index is 11.9. The van der Waals surface area contributed by atoms with E-state index in [9.17, 15) is 9.59 Å². The predicted molar refractivity (Wildman–Crippen MR) is 120 cm³/mol. The third-order valence-electron chi connectivity index (χ3n) is 4.10. The van der Waals surface area contributed by atoms with Crippen molar-refractivity contribution in [2.24, 2.45) is 5.10 Å². The Hall–Kier alpha value is -3.98. The number of benzene rings is 2. The summed E-state index contributed by atoms with van der Waals surface area (Å²) in [6, 6.07) is 14.6. The molecular formula is C23H21ClN2O7. The van der Waals surface area contributed by atoms with E-state index in [-0.39, 0.29) is 19.0 Å². The molecule has 0 aliphatic heterocycles. The fourth-order valence-corrected chi connectivity index (χ4v) is 2.73. The summed E-state index contributed by atoms with van der Waals surface area (Å²) in [6.45, 7) is 2.06. The van der Waals surface area contributed by atoms with Crippen LogP contribution in [0.15, 0.2) is 64.1 Å².